The highest BCUT2D eigenvalue weighted by atomic mass is 16.6. The van der Waals surface area contributed by atoms with E-state index in [9.17, 15) is 19.8 Å². The molecular formula is C27H26N2O5. The third kappa shape index (κ3) is 2.97. The van der Waals surface area contributed by atoms with Gasteiger partial charge in [-0.05, 0) is 28.3 Å². The van der Waals surface area contributed by atoms with Crippen molar-refractivity contribution in [3.8, 4) is 11.1 Å². The van der Waals surface area contributed by atoms with Crippen LogP contribution in [0, 0.1) is 11.8 Å². The first-order chi connectivity index (χ1) is 16.6. The third-order valence-corrected chi connectivity index (χ3v) is 7.83. The first kappa shape index (κ1) is 21.1. The van der Waals surface area contributed by atoms with Crippen LogP contribution >= 0.6 is 0 Å². The summed E-state index contributed by atoms with van der Waals surface area (Å²) in [6, 6.07) is 20.4. The standard InChI is InChI=1S/C27H26N2O5/c30-13-20-21(14-31)26-23-10-5-11-25(32)28(23)12-24(20)29(26)27(33)34-15-22-18-8-3-1-6-16(18)17-7-2-4-9-19(17)22/h1-11,20-22,24,26,30-31H,12-15H2/t20-,21?,24-,26-/m1/s1. The van der Waals surface area contributed by atoms with Gasteiger partial charge in [-0.1, -0.05) is 54.6 Å². The highest BCUT2D eigenvalue weighted by molar-refractivity contribution is 5.79. The van der Waals surface area contributed by atoms with Gasteiger partial charge in [-0.3, -0.25) is 9.69 Å². The average Bonchev–Trinajstić information content (AvgIpc) is 3.31. The lowest BCUT2D eigenvalue weighted by molar-refractivity contribution is 0.0588. The van der Waals surface area contributed by atoms with Crippen molar-refractivity contribution >= 4 is 6.09 Å². The maximum atomic E-state index is 13.5. The zero-order chi connectivity index (χ0) is 23.4. The first-order valence-corrected chi connectivity index (χ1v) is 11.7. The van der Waals surface area contributed by atoms with Gasteiger partial charge >= 0.3 is 6.09 Å². The molecule has 2 bridgehead atoms. The number of aliphatic hydroxyl groups is 2. The molecule has 2 aromatic carbocycles. The van der Waals surface area contributed by atoms with Gasteiger partial charge in [0.05, 0.1) is 12.1 Å². The van der Waals surface area contributed by atoms with Crippen molar-refractivity contribution in [3.63, 3.8) is 0 Å². The summed E-state index contributed by atoms with van der Waals surface area (Å²) in [5.74, 6) is -0.767. The molecule has 0 saturated carbocycles. The minimum absolute atomic E-state index is 0.0593. The third-order valence-electron chi connectivity index (χ3n) is 7.83. The monoisotopic (exact) mass is 458 g/mol. The highest BCUT2D eigenvalue weighted by Crippen LogP contribution is 2.49. The van der Waals surface area contributed by atoms with Crippen LogP contribution in [0.4, 0.5) is 4.79 Å². The number of benzene rings is 2. The van der Waals surface area contributed by atoms with E-state index < -0.39 is 18.2 Å². The second-order valence-corrected chi connectivity index (χ2v) is 9.32. The van der Waals surface area contributed by atoms with E-state index in [1.54, 1.807) is 15.5 Å². The number of rotatable bonds is 4. The molecule has 1 aromatic heterocycles. The molecule has 1 unspecified atom stereocenters. The van der Waals surface area contributed by atoms with Crippen molar-refractivity contribution in [2.75, 3.05) is 19.8 Å². The van der Waals surface area contributed by atoms with Crippen molar-refractivity contribution < 1.29 is 19.7 Å². The van der Waals surface area contributed by atoms with Crippen LogP contribution in [0.15, 0.2) is 71.5 Å². The first-order valence-electron chi connectivity index (χ1n) is 11.7. The maximum Gasteiger partial charge on any atom is 0.410 e. The molecule has 1 amide bonds. The van der Waals surface area contributed by atoms with E-state index >= 15 is 0 Å². The van der Waals surface area contributed by atoms with Crippen LogP contribution in [0.25, 0.3) is 11.1 Å². The van der Waals surface area contributed by atoms with E-state index in [0.29, 0.717) is 5.69 Å². The second kappa shape index (κ2) is 8.11. The Morgan fingerprint density at radius 2 is 1.53 bits per heavy atom. The largest absolute Gasteiger partial charge is 0.448 e. The van der Waals surface area contributed by atoms with Gasteiger partial charge < -0.3 is 19.5 Å². The number of amides is 1. The van der Waals surface area contributed by atoms with Gasteiger partial charge in [0, 0.05) is 49.3 Å². The van der Waals surface area contributed by atoms with Gasteiger partial charge in [-0.2, -0.15) is 0 Å². The fraction of sp³-hybridized carbons (Fsp3) is 0.333. The summed E-state index contributed by atoms with van der Waals surface area (Å²) < 4.78 is 7.58. The molecule has 1 aliphatic carbocycles. The van der Waals surface area contributed by atoms with Gasteiger partial charge in [-0.25, -0.2) is 4.79 Å². The Hall–Kier alpha value is -3.42. The van der Waals surface area contributed by atoms with Crippen LogP contribution in [-0.2, 0) is 11.3 Å². The molecule has 1 fully saturated rings. The number of carbonyl (C=O) groups is 1. The molecule has 3 aromatic rings. The fourth-order valence-corrected chi connectivity index (χ4v) is 6.31. The Morgan fingerprint density at radius 3 is 2.18 bits per heavy atom. The van der Waals surface area contributed by atoms with Crippen LogP contribution in [0.1, 0.15) is 28.8 Å². The quantitative estimate of drug-likeness (QED) is 0.627. The van der Waals surface area contributed by atoms with Crippen LogP contribution in [-0.4, -0.2) is 51.6 Å². The molecule has 6 rings (SSSR count). The molecule has 7 heteroatoms. The fourth-order valence-electron chi connectivity index (χ4n) is 6.31. The number of fused-ring (bicyclic) bond motifs is 7. The molecule has 7 nitrogen and oxygen atoms in total. The van der Waals surface area contributed by atoms with Crippen molar-refractivity contribution in [1.29, 1.82) is 0 Å². The molecule has 174 valence electrons. The minimum Gasteiger partial charge on any atom is -0.448 e. The Morgan fingerprint density at radius 1 is 0.882 bits per heavy atom. The van der Waals surface area contributed by atoms with Crippen LogP contribution in [0.2, 0.25) is 0 Å². The predicted molar refractivity (Wildman–Crippen MR) is 125 cm³/mol. The van der Waals surface area contributed by atoms with Crippen molar-refractivity contribution in [1.82, 2.24) is 9.47 Å². The Balaban J connectivity index is 1.31. The predicted octanol–water partition coefficient (Wildman–Crippen LogP) is 2.75. The summed E-state index contributed by atoms with van der Waals surface area (Å²) >= 11 is 0. The summed E-state index contributed by atoms with van der Waals surface area (Å²) in [6.45, 7) is 0.0975. The summed E-state index contributed by atoms with van der Waals surface area (Å²) in [7, 11) is 0. The normalized spacial score (nSPS) is 24.5. The maximum absolute atomic E-state index is 13.5. The molecule has 0 radical (unpaired) electrons. The average molecular weight is 459 g/mol. The number of aliphatic hydroxyl groups excluding tert-OH is 2. The van der Waals surface area contributed by atoms with Gasteiger partial charge in [0.2, 0.25) is 0 Å². The van der Waals surface area contributed by atoms with Crippen molar-refractivity contribution in [2.45, 2.75) is 24.5 Å². The smallest absolute Gasteiger partial charge is 0.410 e. The number of carbonyl (C=O) groups excluding carboxylic acids is 1. The van der Waals surface area contributed by atoms with E-state index in [1.165, 1.54) is 6.07 Å². The molecule has 3 heterocycles. The number of hydrogen-bond acceptors (Lipinski definition) is 5. The Labute approximate surface area is 196 Å². The molecule has 34 heavy (non-hydrogen) atoms. The topological polar surface area (TPSA) is 92.0 Å². The van der Waals surface area contributed by atoms with Gasteiger partial charge in [0.15, 0.2) is 0 Å². The van der Waals surface area contributed by atoms with Crippen LogP contribution in [0.5, 0.6) is 0 Å². The molecule has 2 aliphatic heterocycles. The number of hydrogen-bond donors (Lipinski definition) is 2. The lowest BCUT2D eigenvalue weighted by Crippen LogP contribution is -2.49. The van der Waals surface area contributed by atoms with E-state index in [1.807, 2.05) is 30.3 Å². The SMILES string of the molecule is O=C(OCC1c2ccccc2-c2ccccc21)N1[C@@H]2Cn3c(cccc3=O)[C@H]1C(CO)[C@H]2CO. The minimum atomic E-state index is -0.523. The highest BCUT2D eigenvalue weighted by Gasteiger charge is 2.55. The van der Waals surface area contributed by atoms with Crippen LogP contribution < -0.4 is 5.56 Å². The van der Waals surface area contributed by atoms with Crippen molar-refractivity contribution in [2.24, 2.45) is 11.8 Å². The molecule has 4 atom stereocenters. The van der Waals surface area contributed by atoms with Gasteiger partial charge in [0.25, 0.3) is 5.56 Å². The zero-order valence-electron chi connectivity index (χ0n) is 18.6. The second-order valence-electron chi connectivity index (χ2n) is 9.32. The number of aromatic nitrogens is 1. The van der Waals surface area contributed by atoms with E-state index in [0.717, 1.165) is 22.3 Å². The summed E-state index contributed by atoms with van der Waals surface area (Å²) in [5.41, 5.74) is 5.12. The summed E-state index contributed by atoms with van der Waals surface area (Å²) in [4.78, 5) is 27.6. The number of ether oxygens (including phenoxy) is 1. The zero-order valence-corrected chi connectivity index (χ0v) is 18.6. The van der Waals surface area contributed by atoms with Gasteiger partial charge in [-0.15, -0.1) is 0 Å². The molecule has 3 aliphatic rings. The van der Waals surface area contributed by atoms with E-state index in [-0.39, 0.29) is 49.7 Å². The van der Waals surface area contributed by atoms with E-state index in [2.05, 4.69) is 24.3 Å². The summed E-state index contributed by atoms with van der Waals surface area (Å²) in [6.07, 6.45) is -0.478. The van der Waals surface area contributed by atoms with E-state index in [4.69, 9.17) is 4.74 Å². The van der Waals surface area contributed by atoms with Crippen LogP contribution in [0.3, 0.4) is 0 Å². The Kier molecular flexibility index (Phi) is 5.04. The molecular weight excluding hydrogens is 432 g/mol. The summed E-state index contributed by atoms with van der Waals surface area (Å²) in [5, 5.41) is 20.3. The number of pyridine rings is 1. The molecule has 1 saturated heterocycles. The molecule has 2 N–H and O–H groups in total. The van der Waals surface area contributed by atoms with Crippen molar-refractivity contribution in [3.05, 3.63) is 93.9 Å². The molecule has 0 spiro atoms. The van der Waals surface area contributed by atoms with Gasteiger partial charge in [0.1, 0.15) is 6.61 Å². The number of nitrogens with zero attached hydrogens (tertiary/aromatic N) is 2. The Bertz CT molecular complexity index is 1270. The lowest BCUT2D eigenvalue weighted by atomic mass is 9.88. The lowest BCUT2D eigenvalue weighted by Gasteiger charge is -2.37.